The van der Waals surface area contributed by atoms with Crippen molar-refractivity contribution in [1.29, 1.82) is 0 Å². The predicted molar refractivity (Wildman–Crippen MR) is 61.4 cm³/mol. The standard InChI is InChI=1S/C9H11ClN2O3S/c1-16(13,14)12-9-4-8(7(10)5-11-9)15-6-2-3-6/h4-6H,2-3H2,1H3,(H,11,12). The summed E-state index contributed by atoms with van der Waals surface area (Å²) in [7, 11) is -3.33. The van der Waals surface area contributed by atoms with Gasteiger partial charge in [-0.2, -0.15) is 0 Å². The molecule has 2 rings (SSSR count). The van der Waals surface area contributed by atoms with E-state index in [1.165, 1.54) is 12.3 Å². The lowest BCUT2D eigenvalue weighted by molar-refractivity contribution is 0.303. The normalized spacial score (nSPS) is 15.9. The number of aromatic nitrogens is 1. The second-order valence-electron chi connectivity index (χ2n) is 3.69. The van der Waals surface area contributed by atoms with Crippen molar-refractivity contribution in [1.82, 2.24) is 4.98 Å². The van der Waals surface area contributed by atoms with Crippen LogP contribution in [0.1, 0.15) is 12.8 Å². The Hall–Kier alpha value is -1.01. The molecule has 0 spiro atoms. The third-order valence-electron chi connectivity index (χ3n) is 1.93. The van der Waals surface area contributed by atoms with E-state index < -0.39 is 10.0 Å². The molecule has 0 radical (unpaired) electrons. The van der Waals surface area contributed by atoms with E-state index in [0.717, 1.165) is 19.1 Å². The molecule has 5 nitrogen and oxygen atoms in total. The minimum Gasteiger partial charge on any atom is -0.489 e. The number of anilines is 1. The van der Waals surface area contributed by atoms with Gasteiger partial charge in [0.05, 0.1) is 18.6 Å². The fraction of sp³-hybridized carbons (Fsp3) is 0.444. The summed E-state index contributed by atoms with van der Waals surface area (Å²) in [6.45, 7) is 0. The van der Waals surface area contributed by atoms with Gasteiger partial charge in [-0.3, -0.25) is 4.72 Å². The van der Waals surface area contributed by atoms with Gasteiger partial charge >= 0.3 is 0 Å². The predicted octanol–water partition coefficient (Wildman–Crippen LogP) is 1.65. The van der Waals surface area contributed by atoms with Crippen molar-refractivity contribution >= 4 is 27.4 Å². The van der Waals surface area contributed by atoms with Gasteiger partial charge in [0.25, 0.3) is 0 Å². The fourth-order valence-corrected chi connectivity index (χ4v) is 1.76. The summed E-state index contributed by atoms with van der Waals surface area (Å²) >= 11 is 5.87. The van der Waals surface area contributed by atoms with Gasteiger partial charge in [0, 0.05) is 6.07 Å². The molecule has 1 saturated carbocycles. The van der Waals surface area contributed by atoms with Crippen molar-refractivity contribution < 1.29 is 13.2 Å². The van der Waals surface area contributed by atoms with Crippen molar-refractivity contribution in [3.8, 4) is 5.75 Å². The lowest BCUT2D eigenvalue weighted by atomic mass is 10.4. The summed E-state index contributed by atoms with van der Waals surface area (Å²) in [6.07, 6.45) is 4.64. The van der Waals surface area contributed by atoms with Gasteiger partial charge < -0.3 is 4.74 Å². The Kier molecular flexibility index (Phi) is 2.94. The van der Waals surface area contributed by atoms with Crippen LogP contribution >= 0.6 is 11.6 Å². The molecule has 1 aliphatic rings. The number of nitrogens with one attached hydrogen (secondary N) is 1. The average Bonchev–Trinajstić information content (AvgIpc) is 2.92. The Labute approximate surface area is 98.8 Å². The molecule has 1 aliphatic carbocycles. The van der Waals surface area contributed by atoms with Crippen LogP contribution in [-0.4, -0.2) is 25.8 Å². The quantitative estimate of drug-likeness (QED) is 0.896. The second kappa shape index (κ2) is 4.10. The van der Waals surface area contributed by atoms with Crippen LogP contribution in [0.15, 0.2) is 12.3 Å². The van der Waals surface area contributed by atoms with Gasteiger partial charge in [-0.05, 0) is 12.8 Å². The highest BCUT2D eigenvalue weighted by molar-refractivity contribution is 7.92. The third-order valence-corrected chi connectivity index (χ3v) is 2.79. The first-order chi connectivity index (χ1) is 7.44. The zero-order valence-corrected chi connectivity index (χ0v) is 10.2. The molecule has 1 aromatic rings. The first-order valence-electron chi connectivity index (χ1n) is 4.74. The molecule has 88 valence electrons. The zero-order valence-electron chi connectivity index (χ0n) is 8.60. The highest BCUT2D eigenvalue weighted by Crippen LogP contribution is 2.32. The monoisotopic (exact) mass is 262 g/mol. The van der Waals surface area contributed by atoms with Gasteiger partial charge in [-0.15, -0.1) is 0 Å². The van der Waals surface area contributed by atoms with E-state index in [-0.39, 0.29) is 11.9 Å². The molecule has 1 heterocycles. The SMILES string of the molecule is CS(=O)(=O)Nc1cc(OC2CC2)c(Cl)cn1. The van der Waals surface area contributed by atoms with E-state index in [9.17, 15) is 8.42 Å². The molecule has 7 heteroatoms. The number of rotatable bonds is 4. The zero-order chi connectivity index (χ0) is 11.8. The number of ether oxygens (including phenoxy) is 1. The van der Waals surface area contributed by atoms with Gasteiger partial charge in [-0.1, -0.05) is 11.6 Å². The van der Waals surface area contributed by atoms with E-state index >= 15 is 0 Å². The number of sulfonamides is 1. The van der Waals surface area contributed by atoms with E-state index in [2.05, 4.69) is 9.71 Å². The number of hydrogen-bond donors (Lipinski definition) is 1. The summed E-state index contributed by atoms with van der Waals surface area (Å²) in [5.74, 6) is 0.674. The van der Waals surface area contributed by atoms with E-state index in [0.29, 0.717) is 10.8 Å². The van der Waals surface area contributed by atoms with Gasteiger partial charge in [0.2, 0.25) is 10.0 Å². The molecule has 0 atom stereocenters. The number of pyridine rings is 1. The number of halogens is 1. The van der Waals surface area contributed by atoms with Crippen LogP contribution in [0.4, 0.5) is 5.82 Å². The van der Waals surface area contributed by atoms with E-state index in [4.69, 9.17) is 16.3 Å². The smallest absolute Gasteiger partial charge is 0.230 e. The summed E-state index contributed by atoms with van der Waals surface area (Å²) in [4.78, 5) is 3.85. The van der Waals surface area contributed by atoms with E-state index in [1.807, 2.05) is 0 Å². The largest absolute Gasteiger partial charge is 0.489 e. The van der Waals surface area contributed by atoms with Crippen molar-refractivity contribution in [3.63, 3.8) is 0 Å². The average molecular weight is 263 g/mol. The fourth-order valence-electron chi connectivity index (χ4n) is 1.12. The van der Waals surface area contributed by atoms with Crippen LogP contribution in [0.5, 0.6) is 5.75 Å². The van der Waals surface area contributed by atoms with Crippen LogP contribution in [0.3, 0.4) is 0 Å². The van der Waals surface area contributed by atoms with Crippen LogP contribution in [0.2, 0.25) is 5.02 Å². The third kappa shape index (κ3) is 3.24. The van der Waals surface area contributed by atoms with Gasteiger partial charge in [0.15, 0.2) is 0 Å². The van der Waals surface area contributed by atoms with E-state index in [1.54, 1.807) is 0 Å². The summed E-state index contributed by atoms with van der Waals surface area (Å²) < 4.78 is 29.8. The van der Waals surface area contributed by atoms with Gasteiger partial charge in [-0.25, -0.2) is 13.4 Å². The molecule has 0 aliphatic heterocycles. The van der Waals surface area contributed by atoms with Crippen LogP contribution in [0, 0.1) is 0 Å². The Balaban J connectivity index is 2.20. The van der Waals surface area contributed by atoms with Crippen molar-refractivity contribution in [2.75, 3.05) is 11.0 Å². The molecule has 0 saturated heterocycles. The molecule has 16 heavy (non-hydrogen) atoms. The molecule has 0 unspecified atom stereocenters. The van der Waals surface area contributed by atoms with Crippen LogP contribution in [0.25, 0.3) is 0 Å². The molecule has 1 aromatic heterocycles. The molecule has 0 bridgehead atoms. The Morgan fingerprint density at radius 1 is 1.56 bits per heavy atom. The maximum absolute atomic E-state index is 11.0. The van der Waals surface area contributed by atoms with Crippen molar-refractivity contribution in [3.05, 3.63) is 17.3 Å². The first-order valence-corrected chi connectivity index (χ1v) is 7.01. The summed E-state index contributed by atoms with van der Waals surface area (Å²) in [6, 6.07) is 1.49. The lowest BCUT2D eigenvalue weighted by Crippen LogP contribution is -2.11. The number of hydrogen-bond acceptors (Lipinski definition) is 4. The maximum Gasteiger partial charge on any atom is 0.230 e. The summed E-state index contributed by atoms with van der Waals surface area (Å²) in [5.41, 5.74) is 0. The summed E-state index contributed by atoms with van der Waals surface area (Å²) in [5, 5.41) is 0.381. The van der Waals surface area contributed by atoms with Crippen molar-refractivity contribution in [2.45, 2.75) is 18.9 Å². The number of nitrogens with zero attached hydrogens (tertiary/aromatic N) is 1. The maximum atomic E-state index is 11.0. The highest BCUT2D eigenvalue weighted by Gasteiger charge is 2.24. The molecule has 0 amide bonds. The Morgan fingerprint density at radius 2 is 2.25 bits per heavy atom. The van der Waals surface area contributed by atoms with Gasteiger partial charge in [0.1, 0.15) is 16.6 Å². The topological polar surface area (TPSA) is 68.3 Å². The van der Waals surface area contributed by atoms with Crippen LogP contribution in [-0.2, 0) is 10.0 Å². The molecule has 1 N–H and O–H groups in total. The molecule has 0 aromatic carbocycles. The highest BCUT2D eigenvalue weighted by atomic mass is 35.5. The molecular formula is C9H11ClN2O3S. The molecule has 1 fully saturated rings. The minimum atomic E-state index is -3.33. The lowest BCUT2D eigenvalue weighted by Gasteiger charge is -2.08. The second-order valence-corrected chi connectivity index (χ2v) is 5.85. The van der Waals surface area contributed by atoms with Crippen LogP contribution < -0.4 is 9.46 Å². The minimum absolute atomic E-state index is 0.200. The molecular weight excluding hydrogens is 252 g/mol. The van der Waals surface area contributed by atoms with Crippen molar-refractivity contribution in [2.24, 2.45) is 0 Å². The Morgan fingerprint density at radius 3 is 2.81 bits per heavy atom. The first kappa shape index (κ1) is 11.5. The Bertz CT molecular complexity index is 499.